The smallest absolute Gasteiger partial charge is 0.233 e. The van der Waals surface area contributed by atoms with E-state index in [0.29, 0.717) is 19.8 Å². The SMILES string of the molecule is Cc1cccc(C2(C(=O)N(C)Cc3ccccc3N3CCOCC3)CCOCC2)c1. The number of rotatable bonds is 5. The van der Waals surface area contributed by atoms with Crippen LogP contribution in [0.2, 0.25) is 0 Å². The Morgan fingerprint density at radius 1 is 1.00 bits per heavy atom. The fourth-order valence-corrected chi connectivity index (χ4v) is 4.74. The Kier molecular flexibility index (Phi) is 6.40. The molecular formula is C25H32N2O3. The predicted molar refractivity (Wildman–Crippen MR) is 119 cm³/mol. The van der Waals surface area contributed by atoms with Crippen LogP contribution < -0.4 is 4.90 Å². The summed E-state index contributed by atoms with van der Waals surface area (Å²) >= 11 is 0. The maximum atomic E-state index is 13.9. The summed E-state index contributed by atoms with van der Waals surface area (Å²) in [6.07, 6.45) is 1.45. The molecule has 0 spiro atoms. The molecule has 5 nitrogen and oxygen atoms in total. The van der Waals surface area contributed by atoms with Crippen molar-refractivity contribution < 1.29 is 14.3 Å². The number of ether oxygens (including phenoxy) is 2. The van der Waals surface area contributed by atoms with E-state index in [2.05, 4.69) is 60.4 Å². The monoisotopic (exact) mass is 408 g/mol. The lowest BCUT2D eigenvalue weighted by Gasteiger charge is -2.39. The van der Waals surface area contributed by atoms with Gasteiger partial charge in [-0.05, 0) is 37.0 Å². The van der Waals surface area contributed by atoms with Crippen LogP contribution in [-0.4, -0.2) is 57.4 Å². The number of hydrogen-bond donors (Lipinski definition) is 0. The summed E-state index contributed by atoms with van der Waals surface area (Å²) in [4.78, 5) is 18.1. The normalized spacial score (nSPS) is 18.8. The standard InChI is InChI=1S/C25H32N2O3/c1-20-6-5-8-22(18-20)25(10-14-29-15-11-25)24(28)26(2)19-21-7-3-4-9-23(21)27-12-16-30-17-13-27/h3-9,18H,10-17,19H2,1-2H3. The predicted octanol–water partition coefficient (Wildman–Crippen LogP) is 3.54. The van der Waals surface area contributed by atoms with Crippen molar-refractivity contribution in [2.75, 3.05) is 51.5 Å². The molecule has 0 atom stereocenters. The highest BCUT2D eigenvalue weighted by atomic mass is 16.5. The van der Waals surface area contributed by atoms with Crippen molar-refractivity contribution in [3.63, 3.8) is 0 Å². The van der Waals surface area contributed by atoms with Crippen LogP contribution >= 0.6 is 0 Å². The van der Waals surface area contributed by atoms with Gasteiger partial charge in [-0.25, -0.2) is 0 Å². The van der Waals surface area contributed by atoms with Crippen LogP contribution in [0.4, 0.5) is 5.69 Å². The zero-order chi connectivity index (χ0) is 21.0. The molecule has 0 saturated carbocycles. The first kappa shape index (κ1) is 20.9. The molecule has 0 unspecified atom stereocenters. The average Bonchev–Trinajstić information content (AvgIpc) is 2.80. The molecular weight excluding hydrogens is 376 g/mol. The van der Waals surface area contributed by atoms with Crippen molar-refractivity contribution in [3.8, 4) is 0 Å². The third-order valence-electron chi connectivity index (χ3n) is 6.42. The molecule has 0 bridgehead atoms. The van der Waals surface area contributed by atoms with Crippen molar-refractivity contribution in [2.45, 2.75) is 31.7 Å². The second kappa shape index (κ2) is 9.19. The van der Waals surface area contributed by atoms with Gasteiger partial charge in [-0.15, -0.1) is 0 Å². The van der Waals surface area contributed by atoms with Crippen molar-refractivity contribution in [1.29, 1.82) is 0 Å². The third-order valence-corrected chi connectivity index (χ3v) is 6.42. The molecule has 2 heterocycles. The molecule has 2 saturated heterocycles. The molecule has 0 radical (unpaired) electrons. The fraction of sp³-hybridized carbons (Fsp3) is 0.480. The molecule has 160 valence electrons. The first-order valence-electron chi connectivity index (χ1n) is 10.9. The molecule has 2 aliphatic rings. The van der Waals surface area contributed by atoms with Gasteiger partial charge in [0.25, 0.3) is 0 Å². The van der Waals surface area contributed by atoms with Gasteiger partial charge in [0.1, 0.15) is 0 Å². The second-order valence-corrected chi connectivity index (χ2v) is 8.45. The summed E-state index contributed by atoms with van der Waals surface area (Å²) in [5.74, 6) is 0.188. The summed E-state index contributed by atoms with van der Waals surface area (Å²) in [7, 11) is 1.94. The molecule has 0 aromatic heterocycles. The average molecular weight is 409 g/mol. The topological polar surface area (TPSA) is 42.0 Å². The molecule has 0 N–H and O–H groups in total. The van der Waals surface area contributed by atoms with E-state index >= 15 is 0 Å². The van der Waals surface area contributed by atoms with Crippen LogP contribution in [-0.2, 0) is 26.2 Å². The number of benzene rings is 2. The number of nitrogens with zero attached hydrogens (tertiary/aromatic N) is 2. The maximum Gasteiger partial charge on any atom is 0.233 e. The highest BCUT2D eigenvalue weighted by Crippen LogP contribution is 2.37. The van der Waals surface area contributed by atoms with E-state index in [9.17, 15) is 4.79 Å². The van der Waals surface area contributed by atoms with E-state index in [1.807, 2.05) is 11.9 Å². The van der Waals surface area contributed by atoms with Gasteiger partial charge < -0.3 is 19.3 Å². The van der Waals surface area contributed by atoms with Crippen LogP contribution in [0.5, 0.6) is 0 Å². The first-order valence-corrected chi connectivity index (χ1v) is 10.9. The Bertz CT molecular complexity index is 870. The lowest BCUT2D eigenvalue weighted by atomic mass is 9.72. The number of likely N-dealkylation sites (N-methyl/N-ethyl adjacent to an activating group) is 1. The first-order chi connectivity index (χ1) is 14.6. The number of carbonyl (C=O) groups excluding carboxylic acids is 1. The maximum absolute atomic E-state index is 13.9. The van der Waals surface area contributed by atoms with E-state index in [-0.39, 0.29) is 5.91 Å². The number of anilines is 1. The molecule has 2 aromatic rings. The summed E-state index contributed by atoms with van der Waals surface area (Å²) in [5.41, 5.74) is 4.18. The fourth-order valence-electron chi connectivity index (χ4n) is 4.74. The molecule has 1 amide bonds. The molecule has 5 heteroatoms. The van der Waals surface area contributed by atoms with Crippen LogP contribution in [0, 0.1) is 6.92 Å². The van der Waals surface area contributed by atoms with Crippen LogP contribution in [0.15, 0.2) is 48.5 Å². The van der Waals surface area contributed by atoms with Crippen molar-refractivity contribution >= 4 is 11.6 Å². The van der Waals surface area contributed by atoms with Crippen LogP contribution in [0.3, 0.4) is 0 Å². The summed E-state index contributed by atoms with van der Waals surface area (Å²) in [6.45, 7) is 7.21. The Morgan fingerprint density at radius 3 is 2.43 bits per heavy atom. The molecule has 2 fully saturated rings. The molecule has 30 heavy (non-hydrogen) atoms. The van der Waals surface area contributed by atoms with Gasteiger partial charge in [0.05, 0.1) is 18.6 Å². The summed E-state index contributed by atoms with van der Waals surface area (Å²) in [5, 5.41) is 0. The van der Waals surface area contributed by atoms with Gasteiger partial charge in [0, 0.05) is 45.6 Å². The lowest BCUT2D eigenvalue weighted by Crippen LogP contribution is -2.48. The van der Waals surface area contributed by atoms with Gasteiger partial charge in [-0.3, -0.25) is 4.79 Å². The van der Waals surface area contributed by atoms with E-state index < -0.39 is 5.41 Å². The van der Waals surface area contributed by atoms with E-state index in [0.717, 1.165) is 44.7 Å². The van der Waals surface area contributed by atoms with Gasteiger partial charge in [0.15, 0.2) is 0 Å². The summed E-state index contributed by atoms with van der Waals surface area (Å²) in [6, 6.07) is 16.8. The molecule has 2 aliphatic heterocycles. The second-order valence-electron chi connectivity index (χ2n) is 8.45. The minimum Gasteiger partial charge on any atom is -0.381 e. The van der Waals surface area contributed by atoms with E-state index in [1.54, 1.807) is 0 Å². The van der Waals surface area contributed by atoms with E-state index in [1.165, 1.54) is 16.8 Å². The van der Waals surface area contributed by atoms with Gasteiger partial charge in [-0.1, -0.05) is 48.0 Å². The Hall–Kier alpha value is -2.37. The lowest BCUT2D eigenvalue weighted by molar-refractivity contribution is -0.140. The minimum atomic E-state index is -0.507. The number of para-hydroxylation sites is 1. The van der Waals surface area contributed by atoms with Gasteiger partial charge in [-0.2, -0.15) is 0 Å². The molecule has 0 aliphatic carbocycles. The Morgan fingerprint density at radius 2 is 1.70 bits per heavy atom. The molecule has 4 rings (SSSR count). The Labute approximate surface area is 179 Å². The summed E-state index contributed by atoms with van der Waals surface area (Å²) < 4.78 is 11.1. The highest BCUT2D eigenvalue weighted by Gasteiger charge is 2.43. The van der Waals surface area contributed by atoms with Crippen molar-refractivity contribution in [3.05, 3.63) is 65.2 Å². The number of hydrogen-bond acceptors (Lipinski definition) is 4. The molecule has 2 aromatic carbocycles. The van der Waals surface area contributed by atoms with Crippen LogP contribution in [0.25, 0.3) is 0 Å². The van der Waals surface area contributed by atoms with Crippen molar-refractivity contribution in [1.82, 2.24) is 4.90 Å². The largest absolute Gasteiger partial charge is 0.381 e. The van der Waals surface area contributed by atoms with Gasteiger partial charge in [0.2, 0.25) is 5.91 Å². The third kappa shape index (κ3) is 4.23. The zero-order valence-corrected chi connectivity index (χ0v) is 18.1. The number of morpholine rings is 1. The zero-order valence-electron chi connectivity index (χ0n) is 18.1. The van der Waals surface area contributed by atoms with E-state index in [4.69, 9.17) is 9.47 Å². The Balaban J connectivity index is 1.59. The number of amides is 1. The van der Waals surface area contributed by atoms with Gasteiger partial charge >= 0.3 is 0 Å². The quantitative estimate of drug-likeness (QED) is 0.759. The highest BCUT2D eigenvalue weighted by molar-refractivity contribution is 5.88. The van der Waals surface area contributed by atoms with Crippen molar-refractivity contribution in [2.24, 2.45) is 0 Å². The number of aryl methyl sites for hydroxylation is 1. The van der Waals surface area contributed by atoms with Crippen LogP contribution in [0.1, 0.15) is 29.5 Å². The minimum absolute atomic E-state index is 0.188. The number of carbonyl (C=O) groups is 1.